The molecule has 0 saturated heterocycles. The molecular weight excluding hydrogens is 228 g/mol. The van der Waals surface area contributed by atoms with E-state index in [1.807, 2.05) is 0 Å². The lowest BCUT2D eigenvalue weighted by molar-refractivity contribution is -0.117. The number of hydrogen-bond donors (Lipinski definition) is 1. The fourth-order valence-electron chi connectivity index (χ4n) is 2.24. The van der Waals surface area contributed by atoms with Gasteiger partial charge >= 0.3 is 0 Å². The minimum atomic E-state index is -0.0536. The molecule has 3 rings (SSSR count). The zero-order valence-corrected chi connectivity index (χ0v) is 10.1. The summed E-state index contributed by atoms with van der Waals surface area (Å²) in [5.41, 5.74) is 2.38. The first-order chi connectivity index (χ1) is 8.78. The van der Waals surface area contributed by atoms with E-state index in [1.54, 1.807) is 4.68 Å². The third-order valence-electron chi connectivity index (χ3n) is 3.27. The largest absolute Gasteiger partial charge is 0.295 e. The Morgan fingerprint density at radius 2 is 2.17 bits per heavy atom. The van der Waals surface area contributed by atoms with Gasteiger partial charge in [-0.05, 0) is 17.5 Å². The van der Waals surface area contributed by atoms with Crippen molar-refractivity contribution in [2.75, 3.05) is 5.32 Å². The van der Waals surface area contributed by atoms with Gasteiger partial charge < -0.3 is 0 Å². The molecule has 0 radical (unpaired) electrons. The highest BCUT2D eigenvalue weighted by Crippen LogP contribution is 2.28. The topological polar surface area (TPSA) is 59.8 Å². The number of carbonyl (C=O) groups is 1. The Morgan fingerprint density at radius 1 is 1.39 bits per heavy atom. The molecule has 2 aromatic rings. The molecule has 92 valence electrons. The predicted molar refractivity (Wildman–Crippen MR) is 67.2 cm³/mol. The summed E-state index contributed by atoms with van der Waals surface area (Å²) in [5, 5.41) is 6.90. The van der Waals surface area contributed by atoms with E-state index in [2.05, 4.69) is 46.6 Å². The number of nitrogens with zero attached hydrogens (tertiary/aromatic N) is 3. The SMILES string of the molecule is CCc1ccc([C@@H]2CC(=O)Nc3ncnn32)cc1. The number of amides is 1. The van der Waals surface area contributed by atoms with Crippen LogP contribution in [0.2, 0.25) is 0 Å². The molecule has 1 amide bonds. The van der Waals surface area contributed by atoms with Gasteiger partial charge in [0.05, 0.1) is 12.5 Å². The highest BCUT2D eigenvalue weighted by atomic mass is 16.2. The van der Waals surface area contributed by atoms with Gasteiger partial charge in [-0.25, -0.2) is 4.68 Å². The molecule has 5 nitrogen and oxygen atoms in total. The van der Waals surface area contributed by atoms with Gasteiger partial charge in [0.1, 0.15) is 6.33 Å². The van der Waals surface area contributed by atoms with Crippen molar-refractivity contribution in [3.63, 3.8) is 0 Å². The lowest BCUT2D eigenvalue weighted by Crippen LogP contribution is -2.29. The summed E-state index contributed by atoms with van der Waals surface area (Å²) < 4.78 is 1.77. The van der Waals surface area contributed by atoms with Crippen molar-refractivity contribution < 1.29 is 4.79 Å². The highest BCUT2D eigenvalue weighted by Gasteiger charge is 2.27. The number of benzene rings is 1. The van der Waals surface area contributed by atoms with Crippen molar-refractivity contribution in [2.24, 2.45) is 0 Å². The Hall–Kier alpha value is -2.17. The number of rotatable bonds is 2. The first-order valence-corrected chi connectivity index (χ1v) is 6.06. The van der Waals surface area contributed by atoms with Gasteiger partial charge in [0.2, 0.25) is 11.9 Å². The lowest BCUT2D eigenvalue weighted by atomic mass is 10.0. The summed E-state index contributed by atoms with van der Waals surface area (Å²) in [7, 11) is 0. The van der Waals surface area contributed by atoms with Gasteiger partial charge in [0.25, 0.3) is 0 Å². The molecule has 1 aliphatic rings. The molecule has 0 bridgehead atoms. The van der Waals surface area contributed by atoms with Crippen LogP contribution in [0.3, 0.4) is 0 Å². The quantitative estimate of drug-likeness (QED) is 0.873. The van der Waals surface area contributed by atoms with E-state index in [0.29, 0.717) is 12.4 Å². The zero-order chi connectivity index (χ0) is 12.5. The smallest absolute Gasteiger partial charge is 0.229 e. The lowest BCUT2D eigenvalue weighted by Gasteiger charge is -2.23. The van der Waals surface area contributed by atoms with Gasteiger partial charge in [0, 0.05) is 0 Å². The summed E-state index contributed by atoms with van der Waals surface area (Å²) >= 11 is 0. The van der Waals surface area contributed by atoms with Crippen LogP contribution in [0.1, 0.15) is 30.5 Å². The molecule has 18 heavy (non-hydrogen) atoms. The monoisotopic (exact) mass is 242 g/mol. The third-order valence-corrected chi connectivity index (χ3v) is 3.27. The molecule has 1 aliphatic heterocycles. The second-order valence-corrected chi connectivity index (χ2v) is 4.39. The Labute approximate surface area is 105 Å². The molecule has 1 aromatic carbocycles. The molecule has 0 aliphatic carbocycles. The molecule has 0 spiro atoms. The number of hydrogen-bond acceptors (Lipinski definition) is 3. The summed E-state index contributed by atoms with van der Waals surface area (Å²) in [5.74, 6) is 0.510. The maximum Gasteiger partial charge on any atom is 0.229 e. The van der Waals surface area contributed by atoms with Crippen LogP contribution >= 0.6 is 0 Å². The average molecular weight is 242 g/mol. The summed E-state index contributed by atoms with van der Waals surface area (Å²) in [6.07, 6.45) is 2.89. The van der Waals surface area contributed by atoms with E-state index in [0.717, 1.165) is 12.0 Å². The molecule has 0 unspecified atom stereocenters. The van der Waals surface area contributed by atoms with Crippen LogP contribution in [0, 0.1) is 0 Å². The van der Waals surface area contributed by atoms with Crippen molar-refractivity contribution >= 4 is 11.9 Å². The molecular formula is C13H14N4O. The third kappa shape index (κ3) is 1.77. The molecule has 1 N–H and O–H groups in total. The zero-order valence-electron chi connectivity index (χ0n) is 10.1. The van der Waals surface area contributed by atoms with Crippen LogP contribution in [0.4, 0.5) is 5.95 Å². The fourth-order valence-corrected chi connectivity index (χ4v) is 2.24. The first-order valence-electron chi connectivity index (χ1n) is 6.06. The van der Waals surface area contributed by atoms with E-state index < -0.39 is 0 Å². The summed E-state index contributed by atoms with van der Waals surface area (Å²) in [6, 6.07) is 8.26. The normalized spacial score (nSPS) is 18.3. The van der Waals surface area contributed by atoms with Crippen molar-refractivity contribution in [3.05, 3.63) is 41.7 Å². The number of anilines is 1. The number of carbonyl (C=O) groups excluding carboxylic acids is 1. The van der Waals surface area contributed by atoms with Gasteiger partial charge in [-0.3, -0.25) is 10.1 Å². The fraction of sp³-hybridized carbons (Fsp3) is 0.308. The summed E-state index contributed by atoms with van der Waals surface area (Å²) in [6.45, 7) is 2.12. The van der Waals surface area contributed by atoms with Crippen molar-refractivity contribution in [1.29, 1.82) is 0 Å². The molecule has 2 heterocycles. The summed E-state index contributed by atoms with van der Waals surface area (Å²) in [4.78, 5) is 15.7. The number of fused-ring (bicyclic) bond motifs is 1. The van der Waals surface area contributed by atoms with Crippen molar-refractivity contribution in [3.8, 4) is 0 Å². The van der Waals surface area contributed by atoms with Crippen LogP contribution < -0.4 is 5.32 Å². The van der Waals surface area contributed by atoms with Crippen LogP contribution in [0.5, 0.6) is 0 Å². The Morgan fingerprint density at radius 3 is 2.89 bits per heavy atom. The van der Waals surface area contributed by atoms with Crippen LogP contribution in [0.25, 0.3) is 0 Å². The molecule has 1 aromatic heterocycles. The average Bonchev–Trinajstić information content (AvgIpc) is 2.86. The van der Waals surface area contributed by atoms with E-state index in [4.69, 9.17) is 0 Å². The van der Waals surface area contributed by atoms with Crippen LogP contribution in [0.15, 0.2) is 30.6 Å². The second kappa shape index (κ2) is 4.25. The van der Waals surface area contributed by atoms with E-state index in [9.17, 15) is 4.79 Å². The molecule has 1 atom stereocenters. The maximum absolute atomic E-state index is 11.6. The second-order valence-electron chi connectivity index (χ2n) is 4.39. The van der Waals surface area contributed by atoms with E-state index in [1.165, 1.54) is 11.9 Å². The predicted octanol–water partition coefficient (Wildman–Crippen LogP) is 1.77. The Kier molecular flexibility index (Phi) is 2.59. The van der Waals surface area contributed by atoms with Crippen LogP contribution in [-0.2, 0) is 11.2 Å². The van der Waals surface area contributed by atoms with E-state index in [-0.39, 0.29) is 11.9 Å². The number of aromatic nitrogens is 3. The standard InChI is InChI=1S/C13H14N4O/c1-2-9-3-5-10(6-4-9)11-7-12(18)16-13-14-8-15-17(11)13/h3-6,8,11H,2,7H2,1H3,(H,14,15,16,18)/t11-/m0/s1. The Balaban J connectivity index is 1.99. The maximum atomic E-state index is 11.6. The number of aryl methyl sites for hydroxylation is 1. The Bertz CT molecular complexity index is 573. The van der Waals surface area contributed by atoms with E-state index >= 15 is 0 Å². The van der Waals surface area contributed by atoms with Crippen molar-refractivity contribution in [1.82, 2.24) is 14.8 Å². The van der Waals surface area contributed by atoms with Crippen molar-refractivity contribution in [2.45, 2.75) is 25.8 Å². The van der Waals surface area contributed by atoms with Gasteiger partial charge in [0.15, 0.2) is 0 Å². The first kappa shape index (κ1) is 11.0. The van der Waals surface area contributed by atoms with Gasteiger partial charge in [-0.15, -0.1) is 0 Å². The molecule has 5 heteroatoms. The minimum absolute atomic E-state index is 0.0138. The highest BCUT2D eigenvalue weighted by molar-refractivity contribution is 5.91. The number of nitrogens with one attached hydrogen (secondary N) is 1. The van der Waals surface area contributed by atoms with Gasteiger partial charge in [-0.2, -0.15) is 10.1 Å². The minimum Gasteiger partial charge on any atom is -0.295 e. The van der Waals surface area contributed by atoms with Crippen LogP contribution in [-0.4, -0.2) is 20.7 Å². The molecule has 0 fully saturated rings. The van der Waals surface area contributed by atoms with Gasteiger partial charge in [-0.1, -0.05) is 31.2 Å². The molecule has 0 saturated carbocycles.